The van der Waals surface area contributed by atoms with Crippen LogP contribution in [0.3, 0.4) is 0 Å². The smallest absolute Gasteiger partial charge is 0.126 e. The van der Waals surface area contributed by atoms with E-state index in [1.165, 1.54) is 0 Å². The minimum Gasteiger partial charge on any atom is -0.508 e. The average Bonchev–Trinajstić information content (AvgIpc) is 2.15. The topological polar surface area (TPSA) is 40.5 Å². The van der Waals surface area contributed by atoms with Gasteiger partial charge in [0.25, 0.3) is 0 Å². The third kappa shape index (κ3) is 1.20. The van der Waals surface area contributed by atoms with E-state index in [1.807, 2.05) is 26.0 Å². The quantitative estimate of drug-likeness (QED) is 0.667. The van der Waals surface area contributed by atoms with Gasteiger partial charge in [0.1, 0.15) is 11.5 Å². The Morgan fingerprint density at radius 2 is 1.64 bits per heavy atom. The lowest BCUT2D eigenvalue weighted by atomic mass is 10.0. The zero-order valence-corrected chi connectivity index (χ0v) is 8.20. The van der Waals surface area contributed by atoms with Crippen molar-refractivity contribution in [3.63, 3.8) is 0 Å². The fraction of sp³-hybridized carbons (Fsp3) is 0.167. The molecule has 2 heteroatoms. The predicted molar refractivity (Wildman–Crippen MR) is 56.8 cm³/mol. The highest BCUT2D eigenvalue weighted by atomic mass is 16.3. The minimum absolute atomic E-state index is 0.265. The second kappa shape index (κ2) is 2.91. The molecule has 0 unspecified atom stereocenters. The molecule has 0 heterocycles. The van der Waals surface area contributed by atoms with Gasteiger partial charge in [0.05, 0.1) is 0 Å². The summed E-state index contributed by atoms with van der Waals surface area (Å²) in [6, 6.07) is 7.20. The Hall–Kier alpha value is -1.70. The van der Waals surface area contributed by atoms with Gasteiger partial charge in [-0.15, -0.1) is 0 Å². The molecule has 2 aromatic carbocycles. The maximum Gasteiger partial charge on any atom is 0.126 e. The highest BCUT2D eigenvalue weighted by Gasteiger charge is 2.05. The summed E-state index contributed by atoms with van der Waals surface area (Å²) in [6.07, 6.45) is 0. The van der Waals surface area contributed by atoms with Gasteiger partial charge in [0, 0.05) is 5.39 Å². The number of fused-ring (bicyclic) bond motifs is 1. The third-order valence-corrected chi connectivity index (χ3v) is 2.51. The second-order valence-electron chi connectivity index (χ2n) is 3.59. The summed E-state index contributed by atoms with van der Waals surface area (Å²) in [7, 11) is 0. The van der Waals surface area contributed by atoms with Gasteiger partial charge in [-0.05, 0) is 42.5 Å². The highest BCUT2D eigenvalue weighted by Crippen LogP contribution is 2.32. The van der Waals surface area contributed by atoms with Crippen molar-refractivity contribution in [2.45, 2.75) is 13.8 Å². The third-order valence-electron chi connectivity index (χ3n) is 2.51. The van der Waals surface area contributed by atoms with E-state index in [4.69, 9.17) is 0 Å². The number of aromatic hydroxyl groups is 2. The van der Waals surface area contributed by atoms with Gasteiger partial charge in [0.15, 0.2) is 0 Å². The zero-order chi connectivity index (χ0) is 10.3. The van der Waals surface area contributed by atoms with Crippen LogP contribution in [0, 0.1) is 13.8 Å². The molecule has 0 bridgehead atoms. The minimum atomic E-state index is 0.265. The summed E-state index contributed by atoms with van der Waals surface area (Å²) in [4.78, 5) is 0. The number of benzene rings is 2. The van der Waals surface area contributed by atoms with E-state index in [1.54, 1.807) is 12.1 Å². The largest absolute Gasteiger partial charge is 0.508 e. The molecule has 0 aliphatic rings. The summed E-state index contributed by atoms with van der Waals surface area (Å²) >= 11 is 0. The van der Waals surface area contributed by atoms with E-state index in [-0.39, 0.29) is 5.75 Å². The van der Waals surface area contributed by atoms with Crippen LogP contribution in [0.2, 0.25) is 0 Å². The van der Waals surface area contributed by atoms with Crippen molar-refractivity contribution in [2.75, 3.05) is 0 Å². The first-order valence-corrected chi connectivity index (χ1v) is 4.51. The molecule has 0 aromatic heterocycles. The molecule has 0 saturated carbocycles. The molecule has 2 aromatic rings. The van der Waals surface area contributed by atoms with Crippen molar-refractivity contribution in [1.82, 2.24) is 0 Å². The van der Waals surface area contributed by atoms with Crippen LogP contribution in [0.4, 0.5) is 0 Å². The van der Waals surface area contributed by atoms with Crippen LogP contribution in [-0.4, -0.2) is 10.2 Å². The van der Waals surface area contributed by atoms with E-state index in [0.29, 0.717) is 5.75 Å². The van der Waals surface area contributed by atoms with Gasteiger partial charge >= 0.3 is 0 Å². The molecule has 72 valence electrons. The molecular weight excluding hydrogens is 176 g/mol. The van der Waals surface area contributed by atoms with Crippen LogP contribution in [0.15, 0.2) is 24.3 Å². The van der Waals surface area contributed by atoms with E-state index < -0.39 is 0 Å². The van der Waals surface area contributed by atoms with Crippen molar-refractivity contribution in [1.29, 1.82) is 0 Å². The van der Waals surface area contributed by atoms with Crippen molar-refractivity contribution in [3.8, 4) is 11.5 Å². The van der Waals surface area contributed by atoms with Gasteiger partial charge in [0.2, 0.25) is 0 Å². The van der Waals surface area contributed by atoms with Crippen molar-refractivity contribution in [2.24, 2.45) is 0 Å². The first-order valence-electron chi connectivity index (χ1n) is 4.51. The number of phenols is 2. The number of rotatable bonds is 0. The molecule has 0 aliphatic carbocycles. The van der Waals surface area contributed by atoms with Gasteiger partial charge in [-0.25, -0.2) is 0 Å². The number of aryl methyl sites for hydroxylation is 2. The summed E-state index contributed by atoms with van der Waals surface area (Å²) in [5.41, 5.74) is 1.63. The van der Waals surface area contributed by atoms with Crippen LogP contribution >= 0.6 is 0 Å². The Balaban J connectivity index is 2.89. The van der Waals surface area contributed by atoms with Crippen molar-refractivity contribution in [3.05, 3.63) is 35.4 Å². The number of hydrogen-bond donors (Lipinski definition) is 2. The van der Waals surface area contributed by atoms with E-state index in [9.17, 15) is 10.2 Å². The molecular formula is C12H12O2. The van der Waals surface area contributed by atoms with E-state index >= 15 is 0 Å². The van der Waals surface area contributed by atoms with E-state index in [0.717, 1.165) is 21.9 Å². The van der Waals surface area contributed by atoms with E-state index in [2.05, 4.69) is 0 Å². The van der Waals surface area contributed by atoms with Gasteiger partial charge in [-0.2, -0.15) is 0 Å². The molecule has 2 nitrogen and oxygen atoms in total. The first-order chi connectivity index (χ1) is 6.59. The van der Waals surface area contributed by atoms with Crippen molar-refractivity contribution >= 4 is 10.8 Å². The molecule has 0 fully saturated rings. The first kappa shape index (κ1) is 8.88. The Morgan fingerprint density at radius 3 is 2.36 bits per heavy atom. The average molecular weight is 188 g/mol. The SMILES string of the molecule is Cc1cc2c(O)c(C)ccc2cc1O. The lowest BCUT2D eigenvalue weighted by Crippen LogP contribution is -1.81. The Kier molecular flexibility index (Phi) is 1.84. The summed E-state index contributed by atoms with van der Waals surface area (Å²) in [5, 5.41) is 20.9. The van der Waals surface area contributed by atoms with Gasteiger partial charge in [-0.3, -0.25) is 0 Å². The van der Waals surface area contributed by atoms with Crippen LogP contribution in [0.5, 0.6) is 11.5 Å². The highest BCUT2D eigenvalue weighted by molar-refractivity contribution is 5.91. The fourth-order valence-corrected chi connectivity index (χ4v) is 1.56. The monoisotopic (exact) mass is 188 g/mol. The summed E-state index contributed by atoms with van der Waals surface area (Å²) in [6.45, 7) is 3.67. The molecule has 0 atom stereocenters. The van der Waals surface area contributed by atoms with Crippen molar-refractivity contribution < 1.29 is 10.2 Å². The Morgan fingerprint density at radius 1 is 0.929 bits per heavy atom. The van der Waals surface area contributed by atoms with Gasteiger partial charge in [-0.1, -0.05) is 12.1 Å². The van der Waals surface area contributed by atoms with Crippen LogP contribution in [0.25, 0.3) is 10.8 Å². The maximum absolute atomic E-state index is 9.79. The molecule has 0 amide bonds. The summed E-state index contributed by atoms with van der Waals surface area (Å²) in [5.74, 6) is 0.561. The molecule has 0 spiro atoms. The van der Waals surface area contributed by atoms with Crippen LogP contribution in [0.1, 0.15) is 11.1 Å². The number of phenolic OH excluding ortho intramolecular Hbond substituents is 2. The lowest BCUT2D eigenvalue weighted by molar-refractivity contribution is 0.470. The molecule has 14 heavy (non-hydrogen) atoms. The van der Waals surface area contributed by atoms with Crippen LogP contribution < -0.4 is 0 Å². The Bertz CT molecular complexity index is 501. The molecule has 2 N–H and O–H groups in total. The maximum atomic E-state index is 9.79. The number of hydrogen-bond acceptors (Lipinski definition) is 2. The lowest BCUT2D eigenvalue weighted by Gasteiger charge is -2.06. The van der Waals surface area contributed by atoms with Gasteiger partial charge < -0.3 is 10.2 Å². The zero-order valence-electron chi connectivity index (χ0n) is 8.20. The molecule has 0 saturated heterocycles. The molecule has 0 aliphatic heterocycles. The Labute approximate surface area is 82.4 Å². The predicted octanol–water partition coefficient (Wildman–Crippen LogP) is 2.87. The summed E-state index contributed by atoms with van der Waals surface area (Å²) < 4.78 is 0. The standard InChI is InChI=1S/C12H12O2/c1-7-3-4-9-6-11(13)8(2)5-10(9)12(7)14/h3-6,13-14H,1-2H3. The normalized spacial score (nSPS) is 10.7. The molecule has 0 radical (unpaired) electrons. The fourth-order valence-electron chi connectivity index (χ4n) is 1.56. The van der Waals surface area contributed by atoms with Crippen LogP contribution in [-0.2, 0) is 0 Å². The second-order valence-corrected chi connectivity index (χ2v) is 3.59. The molecule has 2 rings (SSSR count).